The average molecular weight is 563 g/mol. The fourth-order valence-corrected chi connectivity index (χ4v) is 3.46. The second-order valence-electron chi connectivity index (χ2n) is 9.47. The molecule has 0 bridgehead atoms. The van der Waals surface area contributed by atoms with Crippen LogP contribution in [0.15, 0.2) is 55.1 Å². The van der Waals surface area contributed by atoms with E-state index in [2.05, 4.69) is 48.1 Å². The van der Waals surface area contributed by atoms with E-state index in [1.807, 2.05) is 19.9 Å². The number of carboxylic acid groups (broad SMARTS) is 1. The van der Waals surface area contributed by atoms with Gasteiger partial charge in [0.1, 0.15) is 19.0 Å². The molecule has 7 heteroatoms. The first kappa shape index (κ1) is 39.1. The van der Waals surface area contributed by atoms with E-state index in [-0.39, 0.29) is 13.2 Å². The number of carbonyl (C=O) groups excluding carboxylic acids is 2. The largest absolute Gasteiger partial charge is 0.490 e. The average Bonchev–Trinajstić information content (AvgIpc) is 2.99. The minimum absolute atomic E-state index is 0.0412. The molecule has 0 saturated heterocycles. The number of carbonyl (C=O) groups is 3. The summed E-state index contributed by atoms with van der Waals surface area (Å²) in [6.45, 7) is 20.5. The summed E-state index contributed by atoms with van der Waals surface area (Å²) in [6, 6.07) is 8.89. The highest BCUT2D eigenvalue weighted by molar-refractivity contribution is 5.83. The van der Waals surface area contributed by atoms with Gasteiger partial charge in [0.25, 0.3) is 0 Å². The molecule has 0 spiro atoms. The first-order valence-corrected chi connectivity index (χ1v) is 14.7. The number of hydrogen-bond acceptors (Lipinski definition) is 6. The SMILES string of the molecule is C=CC(=O)OCC(COc1ccccc1)OC(=O)C1CCC=CC1C(=O)O.CC.CCC.CCC(C)C(C)CC. The number of esters is 2. The summed E-state index contributed by atoms with van der Waals surface area (Å²) in [5.74, 6) is -1.71. The fraction of sp³-hybridized carbons (Fsp3) is 0.606. The lowest BCUT2D eigenvalue weighted by molar-refractivity contribution is -0.166. The molecular formula is C33H54O7. The van der Waals surface area contributed by atoms with Crippen molar-refractivity contribution in [3.63, 3.8) is 0 Å². The zero-order chi connectivity index (χ0) is 30.9. The van der Waals surface area contributed by atoms with Crippen LogP contribution in [0, 0.1) is 23.7 Å². The number of carboxylic acids is 1. The zero-order valence-electron chi connectivity index (χ0n) is 26.1. The van der Waals surface area contributed by atoms with Crippen molar-refractivity contribution >= 4 is 17.9 Å². The first-order chi connectivity index (χ1) is 19.1. The van der Waals surface area contributed by atoms with Crippen molar-refractivity contribution in [1.29, 1.82) is 0 Å². The zero-order valence-corrected chi connectivity index (χ0v) is 26.1. The third kappa shape index (κ3) is 17.5. The van der Waals surface area contributed by atoms with Gasteiger partial charge in [0.15, 0.2) is 6.10 Å². The van der Waals surface area contributed by atoms with Gasteiger partial charge in [0.2, 0.25) is 0 Å². The van der Waals surface area contributed by atoms with E-state index in [0.29, 0.717) is 18.6 Å². The van der Waals surface area contributed by atoms with E-state index in [1.54, 1.807) is 30.3 Å². The maximum absolute atomic E-state index is 12.5. The highest BCUT2D eigenvalue weighted by Crippen LogP contribution is 2.27. The summed E-state index contributed by atoms with van der Waals surface area (Å²) < 4.78 is 15.9. The normalized spacial score (nSPS) is 17.4. The van der Waals surface area contributed by atoms with E-state index in [4.69, 9.17) is 14.2 Å². The number of ether oxygens (including phenoxy) is 3. The number of benzene rings is 1. The molecule has 5 atom stereocenters. The predicted molar refractivity (Wildman–Crippen MR) is 162 cm³/mol. The molecule has 0 aliphatic heterocycles. The van der Waals surface area contributed by atoms with Gasteiger partial charge in [0.05, 0.1) is 11.8 Å². The summed E-state index contributed by atoms with van der Waals surface area (Å²) in [7, 11) is 0. The van der Waals surface area contributed by atoms with Crippen LogP contribution in [0.2, 0.25) is 0 Å². The molecule has 1 N–H and O–H groups in total. The number of rotatable bonds is 12. The molecule has 2 rings (SSSR count). The smallest absolute Gasteiger partial charge is 0.330 e. The monoisotopic (exact) mass is 562 g/mol. The first-order valence-electron chi connectivity index (χ1n) is 14.7. The van der Waals surface area contributed by atoms with Gasteiger partial charge in [-0.15, -0.1) is 0 Å². The highest BCUT2D eigenvalue weighted by atomic mass is 16.6. The quantitative estimate of drug-likeness (QED) is 0.157. The van der Waals surface area contributed by atoms with Gasteiger partial charge in [-0.1, -0.05) is 112 Å². The van der Waals surface area contributed by atoms with Crippen molar-refractivity contribution in [2.75, 3.05) is 13.2 Å². The molecule has 1 aliphatic carbocycles. The van der Waals surface area contributed by atoms with Crippen LogP contribution in [0.3, 0.4) is 0 Å². The number of allylic oxidation sites excluding steroid dienone is 1. The molecule has 1 aromatic carbocycles. The third-order valence-corrected chi connectivity index (χ3v) is 6.31. The van der Waals surface area contributed by atoms with Crippen molar-refractivity contribution in [2.24, 2.45) is 23.7 Å². The van der Waals surface area contributed by atoms with Crippen molar-refractivity contribution in [1.82, 2.24) is 0 Å². The lowest BCUT2D eigenvalue weighted by Crippen LogP contribution is -2.37. The molecule has 1 aliphatic rings. The van der Waals surface area contributed by atoms with Crippen LogP contribution in [0.5, 0.6) is 5.75 Å². The maximum Gasteiger partial charge on any atom is 0.330 e. The van der Waals surface area contributed by atoms with Crippen molar-refractivity contribution in [2.45, 2.75) is 93.6 Å². The predicted octanol–water partition coefficient (Wildman–Crippen LogP) is 7.89. The molecule has 1 aromatic rings. The Hall–Kier alpha value is -3.09. The van der Waals surface area contributed by atoms with Gasteiger partial charge in [-0.3, -0.25) is 9.59 Å². The molecule has 0 heterocycles. The van der Waals surface area contributed by atoms with Crippen LogP contribution in [0.4, 0.5) is 0 Å². The molecule has 5 unspecified atom stereocenters. The minimum atomic E-state index is -1.08. The van der Waals surface area contributed by atoms with Crippen molar-refractivity contribution < 1.29 is 33.7 Å². The molecule has 0 aromatic heterocycles. The summed E-state index contributed by atoms with van der Waals surface area (Å²) in [6.07, 6.45) is 8.26. The van der Waals surface area contributed by atoms with Gasteiger partial charge in [-0.25, -0.2) is 4.79 Å². The molecule has 7 nitrogen and oxygen atoms in total. The van der Waals surface area contributed by atoms with Gasteiger partial charge in [0, 0.05) is 6.08 Å². The van der Waals surface area contributed by atoms with Gasteiger partial charge in [-0.05, 0) is 36.8 Å². The Balaban J connectivity index is 0. The summed E-state index contributed by atoms with van der Waals surface area (Å²) in [5, 5.41) is 9.29. The molecule has 40 heavy (non-hydrogen) atoms. The Morgan fingerprint density at radius 3 is 2.02 bits per heavy atom. The van der Waals surface area contributed by atoms with E-state index in [0.717, 1.165) is 17.9 Å². The lowest BCUT2D eigenvalue weighted by Gasteiger charge is -2.25. The Bertz CT molecular complexity index is 826. The summed E-state index contributed by atoms with van der Waals surface area (Å²) in [5.41, 5.74) is 0. The van der Waals surface area contributed by atoms with E-state index in [1.165, 1.54) is 25.3 Å². The Labute approximate surface area is 243 Å². The van der Waals surface area contributed by atoms with Crippen molar-refractivity contribution in [3.05, 3.63) is 55.1 Å². The van der Waals surface area contributed by atoms with Crippen LogP contribution in [-0.2, 0) is 23.9 Å². The fourth-order valence-electron chi connectivity index (χ4n) is 3.46. The highest BCUT2D eigenvalue weighted by Gasteiger charge is 2.35. The van der Waals surface area contributed by atoms with Crippen LogP contribution in [0.25, 0.3) is 0 Å². The molecule has 0 radical (unpaired) electrons. The molecule has 0 amide bonds. The second-order valence-corrected chi connectivity index (χ2v) is 9.47. The summed E-state index contributed by atoms with van der Waals surface area (Å²) in [4.78, 5) is 35.2. The van der Waals surface area contributed by atoms with Gasteiger partial charge >= 0.3 is 17.9 Å². The van der Waals surface area contributed by atoms with E-state index >= 15 is 0 Å². The van der Waals surface area contributed by atoms with E-state index < -0.39 is 35.8 Å². The lowest BCUT2D eigenvalue weighted by atomic mass is 9.84. The van der Waals surface area contributed by atoms with Gasteiger partial charge < -0.3 is 19.3 Å². The Morgan fingerprint density at radius 1 is 1.00 bits per heavy atom. The maximum atomic E-state index is 12.5. The molecule has 0 fully saturated rings. The number of para-hydroxylation sites is 1. The van der Waals surface area contributed by atoms with Crippen LogP contribution in [-0.4, -0.2) is 42.3 Å². The van der Waals surface area contributed by atoms with E-state index in [9.17, 15) is 19.5 Å². The van der Waals surface area contributed by atoms with Crippen LogP contribution < -0.4 is 4.74 Å². The van der Waals surface area contributed by atoms with Crippen molar-refractivity contribution in [3.8, 4) is 5.75 Å². The Morgan fingerprint density at radius 2 is 1.55 bits per heavy atom. The second kappa shape index (κ2) is 24.9. The number of hydrogen-bond donors (Lipinski definition) is 1. The molecular weight excluding hydrogens is 508 g/mol. The Kier molecular flexibility index (Phi) is 24.3. The van der Waals surface area contributed by atoms with Crippen LogP contribution >= 0.6 is 0 Å². The van der Waals surface area contributed by atoms with Gasteiger partial charge in [-0.2, -0.15) is 0 Å². The number of aliphatic carboxylic acids is 1. The minimum Gasteiger partial charge on any atom is -0.490 e. The molecule has 0 saturated carbocycles. The standard InChI is InChI=1S/C20H22O7.C8H18.C3H8.C2H6/c1-2-18(21)26-13-15(12-25-14-8-4-3-5-9-14)27-20(24)17-11-7-6-10-16(17)19(22)23;1-5-7(3)8(4)6-2;1-3-2;1-2/h2-6,8-10,15-17H,1,7,11-13H2,(H,22,23);7-8H,5-6H2,1-4H3;3H2,1-2H3;1-2H3. The topological polar surface area (TPSA) is 99.1 Å². The molecule has 228 valence electrons. The third-order valence-electron chi connectivity index (χ3n) is 6.31. The summed E-state index contributed by atoms with van der Waals surface area (Å²) >= 11 is 0. The van der Waals surface area contributed by atoms with Crippen LogP contribution in [0.1, 0.15) is 87.5 Å².